The number of fused-ring (bicyclic) bond motifs is 2. The summed E-state index contributed by atoms with van der Waals surface area (Å²) in [6, 6.07) is 0.636. The number of hydrogen-bond acceptors (Lipinski definition) is 5. The number of hydrogen-bond donors (Lipinski definition) is 1. The first kappa shape index (κ1) is 15.4. The van der Waals surface area contributed by atoms with Gasteiger partial charge in [0.1, 0.15) is 0 Å². The summed E-state index contributed by atoms with van der Waals surface area (Å²) >= 11 is 1.54. The van der Waals surface area contributed by atoms with Gasteiger partial charge in [0.05, 0.1) is 30.2 Å². The zero-order valence-electron chi connectivity index (χ0n) is 14.3. The number of carbonyl (C=O) groups excluding carboxylic acids is 1. The molecular weight excluding hydrogens is 334 g/mol. The van der Waals surface area contributed by atoms with E-state index in [4.69, 9.17) is 5.73 Å². The average Bonchev–Trinajstić information content (AvgIpc) is 3.14. The highest BCUT2D eigenvalue weighted by atomic mass is 32.1. The van der Waals surface area contributed by atoms with Gasteiger partial charge in [-0.25, -0.2) is 9.97 Å². The minimum atomic E-state index is -0.118. The lowest BCUT2D eigenvalue weighted by molar-refractivity contribution is -0.134. The zero-order valence-corrected chi connectivity index (χ0v) is 15.1. The summed E-state index contributed by atoms with van der Waals surface area (Å²) in [5.41, 5.74) is 9.24. The third-order valence-corrected chi connectivity index (χ3v) is 6.95. The molecule has 1 atom stereocenters. The van der Waals surface area contributed by atoms with Crippen LogP contribution in [0.1, 0.15) is 66.0 Å². The van der Waals surface area contributed by atoms with Gasteiger partial charge in [-0.2, -0.15) is 0 Å². The van der Waals surface area contributed by atoms with Crippen molar-refractivity contribution in [1.82, 2.24) is 19.4 Å². The second kappa shape index (κ2) is 5.83. The fourth-order valence-corrected chi connectivity index (χ4v) is 5.33. The number of amides is 1. The Balaban J connectivity index is 1.36. The van der Waals surface area contributed by atoms with Crippen LogP contribution in [0.25, 0.3) is 0 Å². The number of aryl methyl sites for hydroxylation is 1. The first-order chi connectivity index (χ1) is 12.2. The Labute approximate surface area is 151 Å². The lowest BCUT2D eigenvalue weighted by Crippen LogP contribution is -2.40. The molecule has 0 saturated heterocycles. The van der Waals surface area contributed by atoms with Gasteiger partial charge in [0.2, 0.25) is 5.91 Å². The normalized spacial score (nSPS) is 23.0. The number of aromatic nitrogens is 3. The monoisotopic (exact) mass is 357 g/mol. The fraction of sp³-hybridized carbons (Fsp3) is 0.611. The maximum absolute atomic E-state index is 13.2. The molecule has 5 rings (SSSR count). The first-order valence-corrected chi connectivity index (χ1v) is 10.1. The SMILES string of the molecule is Nc1nc2c(s1)CCCC2C(=O)N1CCc2c(ncn2C2CCC2)C1. The van der Waals surface area contributed by atoms with E-state index < -0.39 is 0 Å². The summed E-state index contributed by atoms with van der Waals surface area (Å²) in [4.78, 5) is 25.4. The van der Waals surface area contributed by atoms with Crippen LogP contribution in [0.2, 0.25) is 0 Å². The highest BCUT2D eigenvalue weighted by molar-refractivity contribution is 7.15. The molecule has 132 valence electrons. The molecule has 1 amide bonds. The van der Waals surface area contributed by atoms with Gasteiger partial charge in [-0.3, -0.25) is 4.79 Å². The molecule has 3 heterocycles. The first-order valence-electron chi connectivity index (χ1n) is 9.29. The number of nitrogen functional groups attached to an aromatic ring is 1. The van der Waals surface area contributed by atoms with Crippen LogP contribution < -0.4 is 5.73 Å². The van der Waals surface area contributed by atoms with Crippen LogP contribution in [0.4, 0.5) is 5.13 Å². The smallest absolute Gasteiger partial charge is 0.232 e. The van der Waals surface area contributed by atoms with Crippen molar-refractivity contribution in [3.63, 3.8) is 0 Å². The topological polar surface area (TPSA) is 77.0 Å². The summed E-state index contributed by atoms with van der Waals surface area (Å²) < 4.78 is 2.36. The minimum absolute atomic E-state index is 0.118. The molecule has 2 aliphatic carbocycles. The lowest BCUT2D eigenvalue weighted by Gasteiger charge is -2.33. The van der Waals surface area contributed by atoms with Gasteiger partial charge < -0.3 is 15.2 Å². The number of carbonyl (C=O) groups is 1. The maximum atomic E-state index is 13.2. The number of rotatable bonds is 2. The van der Waals surface area contributed by atoms with Crippen molar-refractivity contribution in [3.05, 3.63) is 28.3 Å². The van der Waals surface area contributed by atoms with Crippen LogP contribution in [0.3, 0.4) is 0 Å². The Bertz CT molecular complexity index is 822. The van der Waals surface area contributed by atoms with Crippen LogP contribution in [-0.2, 0) is 24.2 Å². The van der Waals surface area contributed by atoms with Gasteiger partial charge in [-0.05, 0) is 38.5 Å². The van der Waals surface area contributed by atoms with Crippen LogP contribution in [-0.4, -0.2) is 31.9 Å². The van der Waals surface area contributed by atoms with Gasteiger partial charge in [0.25, 0.3) is 0 Å². The van der Waals surface area contributed by atoms with Gasteiger partial charge in [0.15, 0.2) is 5.13 Å². The van der Waals surface area contributed by atoms with Crippen molar-refractivity contribution in [2.24, 2.45) is 0 Å². The van der Waals surface area contributed by atoms with E-state index in [0.29, 0.717) is 17.7 Å². The zero-order chi connectivity index (χ0) is 17.0. The number of imidazole rings is 1. The van der Waals surface area contributed by atoms with Crippen molar-refractivity contribution in [3.8, 4) is 0 Å². The lowest BCUT2D eigenvalue weighted by atomic mass is 9.89. The predicted molar refractivity (Wildman–Crippen MR) is 96.4 cm³/mol. The van der Waals surface area contributed by atoms with Gasteiger partial charge in [-0.15, -0.1) is 11.3 Å². The van der Waals surface area contributed by atoms with E-state index in [2.05, 4.69) is 14.5 Å². The molecule has 0 aromatic carbocycles. The third-order valence-electron chi connectivity index (χ3n) is 5.99. The summed E-state index contributed by atoms with van der Waals surface area (Å²) in [5.74, 6) is 0.0858. The molecule has 0 radical (unpaired) electrons. The van der Waals surface area contributed by atoms with Crippen molar-refractivity contribution < 1.29 is 4.79 Å². The molecule has 1 unspecified atom stereocenters. The van der Waals surface area contributed by atoms with E-state index in [9.17, 15) is 4.79 Å². The molecule has 3 aliphatic rings. The summed E-state index contributed by atoms with van der Waals surface area (Å²) in [6.07, 6.45) is 9.68. The largest absolute Gasteiger partial charge is 0.375 e. The average molecular weight is 357 g/mol. The molecule has 2 aromatic rings. The summed E-state index contributed by atoms with van der Waals surface area (Å²) in [5, 5.41) is 0.588. The highest BCUT2D eigenvalue weighted by Gasteiger charge is 2.35. The van der Waals surface area contributed by atoms with E-state index in [0.717, 1.165) is 43.6 Å². The number of anilines is 1. The Hall–Kier alpha value is -1.89. The molecular formula is C18H23N5OS. The Morgan fingerprint density at radius 1 is 1.24 bits per heavy atom. The molecule has 6 nitrogen and oxygen atoms in total. The minimum Gasteiger partial charge on any atom is -0.375 e. The van der Waals surface area contributed by atoms with E-state index in [-0.39, 0.29) is 11.8 Å². The summed E-state index contributed by atoms with van der Waals surface area (Å²) in [6.45, 7) is 1.43. The maximum Gasteiger partial charge on any atom is 0.232 e. The molecule has 7 heteroatoms. The van der Waals surface area contributed by atoms with Gasteiger partial charge in [0, 0.05) is 29.6 Å². The molecule has 0 bridgehead atoms. The van der Waals surface area contributed by atoms with E-state index >= 15 is 0 Å². The third kappa shape index (κ3) is 2.47. The van der Waals surface area contributed by atoms with Crippen LogP contribution in [0, 0.1) is 0 Å². The van der Waals surface area contributed by atoms with E-state index in [1.54, 1.807) is 11.3 Å². The number of nitrogens with two attached hydrogens (primary N) is 1. The van der Waals surface area contributed by atoms with E-state index in [1.807, 2.05) is 11.2 Å². The standard InChI is InChI=1S/C18H23N5OS/c19-18-21-16-12(5-2-6-15(16)25-18)17(24)22-8-7-14-13(9-22)20-10-23(14)11-3-1-4-11/h10-12H,1-9H2,(H2,19,21). The second-order valence-electron chi connectivity index (χ2n) is 7.45. The molecule has 2 N–H and O–H groups in total. The van der Waals surface area contributed by atoms with Crippen molar-refractivity contribution in [2.45, 2.75) is 63.5 Å². The molecule has 2 aromatic heterocycles. The number of thiazole rings is 1. The predicted octanol–water partition coefficient (Wildman–Crippen LogP) is 2.65. The van der Waals surface area contributed by atoms with Gasteiger partial charge >= 0.3 is 0 Å². The molecule has 1 aliphatic heterocycles. The highest BCUT2D eigenvalue weighted by Crippen LogP contribution is 2.38. The van der Waals surface area contributed by atoms with Crippen molar-refractivity contribution in [1.29, 1.82) is 0 Å². The van der Waals surface area contributed by atoms with Crippen LogP contribution in [0.15, 0.2) is 6.33 Å². The molecule has 25 heavy (non-hydrogen) atoms. The Morgan fingerprint density at radius 3 is 2.92 bits per heavy atom. The van der Waals surface area contributed by atoms with Crippen molar-refractivity contribution >= 4 is 22.4 Å². The van der Waals surface area contributed by atoms with Crippen LogP contribution >= 0.6 is 11.3 Å². The second-order valence-corrected chi connectivity index (χ2v) is 8.56. The van der Waals surface area contributed by atoms with Gasteiger partial charge in [-0.1, -0.05) is 0 Å². The molecule has 1 saturated carbocycles. The Morgan fingerprint density at radius 2 is 2.12 bits per heavy atom. The van der Waals surface area contributed by atoms with Crippen molar-refractivity contribution in [2.75, 3.05) is 12.3 Å². The molecule has 1 fully saturated rings. The summed E-state index contributed by atoms with van der Waals surface area (Å²) in [7, 11) is 0. The van der Waals surface area contributed by atoms with E-state index in [1.165, 1.54) is 29.8 Å². The molecule has 0 spiro atoms. The quantitative estimate of drug-likeness (QED) is 0.896. The number of nitrogens with zero attached hydrogens (tertiary/aromatic N) is 4. The van der Waals surface area contributed by atoms with Crippen LogP contribution in [0.5, 0.6) is 0 Å². The Kier molecular flexibility index (Phi) is 3.58. The fourth-order valence-electron chi connectivity index (χ4n) is 4.40.